The molecule has 11 heavy (non-hydrogen) atoms. The molecule has 0 saturated heterocycles. The summed E-state index contributed by atoms with van der Waals surface area (Å²) in [5.41, 5.74) is 0. The molecule has 11 heteroatoms. The summed E-state index contributed by atoms with van der Waals surface area (Å²) in [6.45, 7) is 0. The van der Waals surface area contributed by atoms with Crippen LogP contribution in [-0.2, 0) is 13.4 Å². The maximum Gasteiger partial charge on any atom is 1.00 e. The van der Waals surface area contributed by atoms with Crippen molar-refractivity contribution >= 4 is 15.6 Å². The van der Waals surface area contributed by atoms with Gasteiger partial charge in [0.25, 0.3) is 0 Å². The minimum atomic E-state index is -5.55. The molecule has 7 nitrogen and oxygen atoms in total. The molecule has 0 aromatic rings. The summed E-state index contributed by atoms with van der Waals surface area (Å²) in [7, 11) is -10.7. The van der Waals surface area contributed by atoms with Crippen LogP contribution in [0.15, 0.2) is 0 Å². The predicted molar refractivity (Wildman–Crippen MR) is 20.7 cm³/mol. The van der Waals surface area contributed by atoms with E-state index in [1.54, 1.807) is 0 Å². The Balaban J connectivity index is -0.000000320. The number of hydrogen-bond donors (Lipinski definition) is 2. The van der Waals surface area contributed by atoms with Crippen molar-refractivity contribution in [3.05, 3.63) is 0 Å². The maximum absolute atomic E-state index is 9.55. The van der Waals surface area contributed by atoms with E-state index in [0.29, 0.717) is 0 Å². The van der Waals surface area contributed by atoms with Crippen molar-refractivity contribution in [2.75, 3.05) is 0 Å². The van der Waals surface area contributed by atoms with Gasteiger partial charge in [0.15, 0.2) is 0 Å². The fourth-order valence-electron chi connectivity index (χ4n) is 0.130. The van der Waals surface area contributed by atoms with Gasteiger partial charge in [-0.1, -0.05) is 0 Å². The van der Waals surface area contributed by atoms with E-state index in [2.05, 4.69) is 4.31 Å². The SMILES string of the molecule is O=P([O-])([O-])OP(=O)(O)O.[Li+].[Na+]. The van der Waals surface area contributed by atoms with Gasteiger partial charge >= 0.3 is 56.2 Å². The molecule has 0 bridgehead atoms. The third-order valence-corrected chi connectivity index (χ3v) is 1.86. The summed E-state index contributed by atoms with van der Waals surface area (Å²) >= 11 is 0. The molecule has 0 fully saturated rings. The van der Waals surface area contributed by atoms with Gasteiger partial charge in [-0.05, 0) is 0 Å². The van der Waals surface area contributed by atoms with Crippen LogP contribution in [0.4, 0.5) is 0 Å². The van der Waals surface area contributed by atoms with Gasteiger partial charge in [-0.3, -0.25) is 4.31 Å². The first-order valence-electron chi connectivity index (χ1n) is 1.50. The second kappa shape index (κ2) is 6.33. The molecule has 56 valence electrons. The predicted octanol–water partition coefficient (Wildman–Crippen LogP) is -8.07. The number of hydrogen-bond acceptors (Lipinski definition) is 5. The zero-order valence-electron chi connectivity index (χ0n) is 5.83. The molecule has 0 unspecified atom stereocenters. The van der Waals surface area contributed by atoms with E-state index >= 15 is 0 Å². The second-order valence-corrected chi connectivity index (χ2v) is 3.55. The topological polar surface area (TPSA) is 130 Å². The molecule has 0 aromatic carbocycles. The van der Waals surface area contributed by atoms with Gasteiger partial charge in [-0.25, -0.2) is 4.57 Å². The van der Waals surface area contributed by atoms with Crippen LogP contribution in [0.25, 0.3) is 0 Å². The standard InChI is InChI=1S/Li.Na.H4O7P2/c;;1-8(2,3)7-9(4,5)6/h;;(H2,1,2,3)(H2,4,5,6)/q2*+1;/p-2. The minimum absolute atomic E-state index is 0. The fourth-order valence-corrected chi connectivity index (χ4v) is 1.17. The van der Waals surface area contributed by atoms with Crippen LogP contribution in [0.1, 0.15) is 0 Å². The smallest absolute Gasteiger partial charge is 0.789 e. The third-order valence-electron chi connectivity index (χ3n) is 0.206. The summed E-state index contributed by atoms with van der Waals surface area (Å²) in [5, 5.41) is 0. The Morgan fingerprint density at radius 1 is 1.18 bits per heavy atom. The van der Waals surface area contributed by atoms with Crippen molar-refractivity contribution in [1.82, 2.24) is 0 Å². The molecular weight excluding hydrogens is 204 g/mol. The van der Waals surface area contributed by atoms with Gasteiger partial charge in [0.05, 0.1) is 7.82 Å². The zero-order chi connectivity index (χ0) is 7.71. The van der Waals surface area contributed by atoms with Crippen LogP contribution in [0.3, 0.4) is 0 Å². The first kappa shape index (κ1) is 18.6. The van der Waals surface area contributed by atoms with Gasteiger partial charge in [-0.2, -0.15) is 0 Å². The van der Waals surface area contributed by atoms with Crippen LogP contribution < -0.4 is 58.2 Å². The van der Waals surface area contributed by atoms with E-state index in [4.69, 9.17) is 9.79 Å². The van der Waals surface area contributed by atoms with Gasteiger partial charge in [0.2, 0.25) is 0 Å². The Bertz CT molecular complexity index is 157. The molecule has 0 spiro atoms. The first-order valence-corrected chi connectivity index (χ1v) is 4.49. The van der Waals surface area contributed by atoms with Gasteiger partial charge < -0.3 is 24.1 Å². The van der Waals surface area contributed by atoms with Crippen LogP contribution in [0.5, 0.6) is 0 Å². The van der Waals surface area contributed by atoms with Crippen LogP contribution in [0, 0.1) is 0 Å². The molecule has 0 aliphatic carbocycles. The average molecular weight is 206 g/mol. The molecule has 0 aromatic heterocycles. The van der Waals surface area contributed by atoms with Crippen molar-refractivity contribution in [3.63, 3.8) is 0 Å². The Morgan fingerprint density at radius 3 is 1.45 bits per heavy atom. The molecule has 2 N–H and O–H groups in total. The van der Waals surface area contributed by atoms with Gasteiger partial charge in [0.1, 0.15) is 0 Å². The van der Waals surface area contributed by atoms with Gasteiger partial charge in [0, 0.05) is 0 Å². The molecule has 0 aliphatic rings. The Labute approximate surface area is 96.5 Å². The molecule has 0 saturated carbocycles. The van der Waals surface area contributed by atoms with Gasteiger partial charge in [-0.15, -0.1) is 0 Å². The monoisotopic (exact) mass is 206 g/mol. The van der Waals surface area contributed by atoms with E-state index in [-0.39, 0.29) is 48.4 Å². The van der Waals surface area contributed by atoms with E-state index in [9.17, 15) is 18.9 Å². The van der Waals surface area contributed by atoms with E-state index in [1.807, 2.05) is 0 Å². The molecule has 0 amide bonds. The zero-order valence-corrected chi connectivity index (χ0v) is 9.62. The second-order valence-electron chi connectivity index (χ2n) is 1.02. The van der Waals surface area contributed by atoms with E-state index in [1.165, 1.54) is 0 Å². The summed E-state index contributed by atoms with van der Waals surface area (Å²) < 4.78 is 21.7. The largest absolute Gasteiger partial charge is 1.00 e. The minimum Gasteiger partial charge on any atom is -0.789 e. The maximum atomic E-state index is 9.55. The van der Waals surface area contributed by atoms with Crippen LogP contribution in [0.2, 0.25) is 0 Å². The number of rotatable bonds is 2. The summed E-state index contributed by atoms with van der Waals surface area (Å²) in [5.74, 6) is 0. The van der Waals surface area contributed by atoms with Crippen LogP contribution >= 0.6 is 15.6 Å². The van der Waals surface area contributed by atoms with Crippen molar-refractivity contribution in [3.8, 4) is 0 Å². The normalized spacial score (nSPS) is 11.3. The van der Waals surface area contributed by atoms with E-state index in [0.717, 1.165) is 0 Å². The first-order chi connectivity index (χ1) is 3.71. The molecular formula is H2LiNaO7P2. The molecule has 0 rings (SSSR count). The molecule has 0 aliphatic heterocycles. The van der Waals surface area contributed by atoms with Crippen LogP contribution in [-0.4, -0.2) is 9.79 Å². The third kappa shape index (κ3) is 18.7. The Morgan fingerprint density at radius 2 is 1.45 bits per heavy atom. The summed E-state index contributed by atoms with van der Waals surface area (Å²) in [4.78, 5) is 34.1. The Kier molecular flexibility index (Phi) is 10.7. The van der Waals surface area contributed by atoms with Crippen molar-refractivity contribution in [2.24, 2.45) is 0 Å². The Hall–Kier alpha value is 1.86. The molecule has 0 atom stereocenters. The van der Waals surface area contributed by atoms with Crippen molar-refractivity contribution in [2.45, 2.75) is 0 Å². The van der Waals surface area contributed by atoms with Crippen molar-refractivity contribution < 1.29 is 81.4 Å². The summed E-state index contributed by atoms with van der Waals surface area (Å²) in [6.07, 6.45) is 0. The quantitative estimate of drug-likeness (QED) is 0.338. The summed E-state index contributed by atoms with van der Waals surface area (Å²) in [6, 6.07) is 0. The average Bonchev–Trinajstić information content (AvgIpc) is 1.14. The fraction of sp³-hybridized carbons (Fsp3) is 0. The molecule has 0 radical (unpaired) electrons. The van der Waals surface area contributed by atoms with E-state index < -0.39 is 15.6 Å². The molecule has 0 heterocycles. The number of phosphoric acid groups is 2. The van der Waals surface area contributed by atoms with Crippen molar-refractivity contribution in [1.29, 1.82) is 0 Å².